The van der Waals surface area contributed by atoms with E-state index in [4.69, 9.17) is 4.74 Å². The van der Waals surface area contributed by atoms with Gasteiger partial charge in [-0.15, -0.1) is 11.8 Å². The van der Waals surface area contributed by atoms with Gasteiger partial charge in [-0.25, -0.2) is 9.97 Å². The maximum absolute atomic E-state index is 13.2. The van der Waals surface area contributed by atoms with Crippen LogP contribution in [0.25, 0.3) is 28.0 Å². The quantitative estimate of drug-likeness (QED) is 0.434. The molecule has 2 atom stereocenters. The van der Waals surface area contributed by atoms with Crippen molar-refractivity contribution >= 4 is 28.6 Å². The highest BCUT2D eigenvalue weighted by atomic mass is 32.2. The van der Waals surface area contributed by atoms with Crippen molar-refractivity contribution in [3.8, 4) is 17.1 Å². The number of thioether (sulfide) groups is 1. The summed E-state index contributed by atoms with van der Waals surface area (Å²) in [6.07, 6.45) is 8.93. The molecular weight excluding hydrogens is 436 g/mol. The molecule has 33 heavy (non-hydrogen) atoms. The number of morpholine rings is 1. The van der Waals surface area contributed by atoms with Crippen LogP contribution in [0.2, 0.25) is 0 Å². The van der Waals surface area contributed by atoms with Gasteiger partial charge < -0.3 is 15.1 Å². The molecule has 2 fully saturated rings. The molecule has 4 aromatic rings. The highest BCUT2D eigenvalue weighted by molar-refractivity contribution is 7.98. The fraction of sp³-hybridized carbons (Fsp3) is 0.240. The van der Waals surface area contributed by atoms with Crippen molar-refractivity contribution in [3.63, 3.8) is 0 Å². The van der Waals surface area contributed by atoms with Crippen LogP contribution in [-0.2, 0) is 4.74 Å². The number of aromatic nitrogens is 3. The van der Waals surface area contributed by atoms with E-state index in [0.717, 1.165) is 33.3 Å². The van der Waals surface area contributed by atoms with Gasteiger partial charge in [-0.2, -0.15) is 0 Å². The first kappa shape index (κ1) is 21.6. The lowest BCUT2D eigenvalue weighted by Crippen LogP contribution is -2.41. The molecule has 2 N–H and O–H groups in total. The second-order valence-electron chi connectivity index (χ2n) is 8.24. The lowest BCUT2D eigenvalue weighted by Gasteiger charge is -2.27. The van der Waals surface area contributed by atoms with Crippen LogP contribution in [0.4, 0.5) is 0 Å². The van der Waals surface area contributed by atoms with Crippen LogP contribution >= 0.6 is 11.8 Å². The Balaban J connectivity index is 0.00000228. The van der Waals surface area contributed by atoms with Crippen molar-refractivity contribution in [2.24, 2.45) is 0 Å². The van der Waals surface area contributed by atoms with Gasteiger partial charge in [0.25, 0.3) is 5.91 Å². The lowest BCUT2D eigenvalue weighted by atomic mass is 10.1. The standard InChI is InChI=1S/C25H22N4O2S.H2O/c1-32-23-14-29(25-26-11-18(12-27-25)16-5-3-2-4-6-16)22-9-17(7-8-21(22)23)24(30)28-13-20-10-19(28)15-31-20;/h2-9,11-12,14,19-20H,10,13,15H2,1H3;1H2/t19-,20-;/m1./s1. The van der Waals surface area contributed by atoms with Gasteiger partial charge in [0.2, 0.25) is 5.95 Å². The molecule has 2 aromatic heterocycles. The van der Waals surface area contributed by atoms with Crippen LogP contribution in [0.5, 0.6) is 0 Å². The number of rotatable bonds is 4. The van der Waals surface area contributed by atoms with Gasteiger partial charge in [0.1, 0.15) is 0 Å². The number of amides is 1. The Bertz CT molecular complexity index is 1310. The van der Waals surface area contributed by atoms with E-state index in [1.165, 1.54) is 0 Å². The van der Waals surface area contributed by atoms with Crippen LogP contribution in [0.3, 0.4) is 0 Å². The zero-order valence-corrected chi connectivity index (χ0v) is 19.0. The van der Waals surface area contributed by atoms with Crippen LogP contribution in [0.15, 0.2) is 72.0 Å². The molecule has 2 bridgehead atoms. The lowest BCUT2D eigenvalue weighted by molar-refractivity contribution is 0.0259. The predicted octanol–water partition coefficient (Wildman–Crippen LogP) is 3.60. The molecule has 0 spiro atoms. The Morgan fingerprint density at radius 3 is 2.55 bits per heavy atom. The Kier molecular flexibility index (Phi) is 5.65. The van der Waals surface area contributed by atoms with Gasteiger partial charge in [0.15, 0.2) is 0 Å². The molecule has 0 radical (unpaired) electrons. The van der Waals surface area contributed by atoms with Crippen molar-refractivity contribution in [2.45, 2.75) is 23.5 Å². The number of carbonyl (C=O) groups excluding carboxylic acids is 1. The van der Waals surface area contributed by atoms with Crippen LogP contribution < -0.4 is 0 Å². The van der Waals surface area contributed by atoms with Gasteiger partial charge in [0, 0.05) is 46.5 Å². The van der Waals surface area contributed by atoms with E-state index < -0.39 is 0 Å². The third kappa shape index (κ3) is 3.70. The topological polar surface area (TPSA) is 91.8 Å². The third-order valence-electron chi connectivity index (χ3n) is 6.36. The molecule has 1 amide bonds. The molecule has 2 aliphatic rings. The SMILES string of the molecule is CSc1cn(-c2ncc(-c3ccccc3)cn2)c2cc(C(=O)N3C[C@H]4C[C@@H]3CO4)ccc12.O. The summed E-state index contributed by atoms with van der Waals surface area (Å²) in [6, 6.07) is 16.2. The van der Waals surface area contributed by atoms with Gasteiger partial charge in [0.05, 0.1) is 24.3 Å². The second-order valence-corrected chi connectivity index (χ2v) is 9.09. The van der Waals surface area contributed by atoms with E-state index in [2.05, 4.69) is 16.2 Å². The summed E-state index contributed by atoms with van der Waals surface area (Å²) in [6.45, 7) is 1.33. The number of ether oxygens (including phenoxy) is 1. The Morgan fingerprint density at radius 1 is 1.09 bits per heavy atom. The Labute approximate surface area is 195 Å². The summed E-state index contributed by atoms with van der Waals surface area (Å²) >= 11 is 1.67. The molecule has 2 aromatic carbocycles. The van der Waals surface area contributed by atoms with Crippen LogP contribution in [0.1, 0.15) is 16.8 Å². The monoisotopic (exact) mass is 460 g/mol. The van der Waals surface area contributed by atoms with E-state index in [-0.39, 0.29) is 23.5 Å². The zero-order valence-electron chi connectivity index (χ0n) is 18.1. The van der Waals surface area contributed by atoms with E-state index in [1.807, 2.05) is 76.6 Å². The highest BCUT2D eigenvalue weighted by Gasteiger charge is 2.41. The molecule has 168 valence electrons. The highest BCUT2D eigenvalue weighted by Crippen LogP contribution is 2.33. The van der Waals surface area contributed by atoms with Crippen molar-refractivity contribution in [1.82, 2.24) is 19.4 Å². The number of hydrogen-bond acceptors (Lipinski definition) is 5. The zero-order chi connectivity index (χ0) is 21.7. The molecule has 2 saturated heterocycles. The molecular formula is C25H24N4O3S. The maximum Gasteiger partial charge on any atom is 0.254 e. The first-order valence-electron chi connectivity index (χ1n) is 10.7. The summed E-state index contributed by atoms with van der Waals surface area (Å²) in [4.78, 5) is 25.6. The van der Waals surface area contributed by atoms with Crippen LogP contribution in [0, 0.1) is 0 Å². The summed E-state index contributed by atoms with van der Waals surface area (Å²) < 4.78 is 7.64. The van der Waals surface area contributed by atoms with E-state index in [1.54, 1.807) is 11.8 Å². The van der Waals surface area contributed by atoms with E-state index in [0.29, 0.717) is 24.7 Å². The number of carbonyl (C=O) groups is 1. The first-order valence-corrected chi connectivity index (χ1v) is 11.9. The molecule has 6 rings (SSSR count). The summed E-state index contributed by atoms with van der Waals surface area (Å²) in [5, 5.41) is 1.09. The van der Waals surface area contributed by atoms with Crippen molar-refractivity contribution in [3.05, 3.63) is 72.7 Å². The average molecular weight is 461 g/mol. The molecule has 8 heteroatoms. The molecule has 7 nitrogen and oxygen atoms in total. The normalized spacial score (nSPS) is 19.1. The van der Waals surface area contributed by atoms with E-state index in [9.17, 15) is 4.79 Å². The van der Waals surface area contributed by atoms with Crippen LogP contribution in [-0.4, -0.2) is 62.4 Å². The summed E-state index contributed by atoms with van der Waals surface area (Å²) in [7, 11) is 0. The molecule has 0 aliphatic carbocycles. The first-order chi connectivity index (χ1) is 15.7. The molecule has 0 unspecified atom stereocenters. The Hall–Kier alpha value is -3.20. The van der Waals surface area contributed by atoms with Crippen molar-refractivity contribution < 1.29 is 15.0 Å². The number of nitrogens with zero attached hydrogens (tertiary/aromatic N) is 4. The Morgan fingerprint density at radius 2 is 1.88 bits per heavy atom. The largest absolute Gasteiger partial charge is 0.412 e. The number of fused-ring (bicyclic) bond motifs is 3. The van der Waals surface area contributed by atoms with Gasteiger partial charge in [-0.1, -0.05) is 36.4 Å². The summed E-state index contributed by atoms with van der Waals surface area (Å²) in [5.74, 6) is 0.662. The number of hydrogen-bond donors (Lipinski definition) is 0. The minimum absolute atomic E-state index is 0. The third-order valence-corrected chi connectivity index (χ3v) is 7.12. The van der Waals surface area contributed by atoms with Gasteiger partial charge in [-0.3, -0.25) is 9.36 Å². The van der Waals surface area contributed by atoms with Crippen molar-refractivity contribution in [1.29, 1.82) is 0 Å². The summed E-state index contributed by atoms with van der Waals surface area (Å²) in [5.41, 5.74) is 3.68. The molecule has 2 aliphatic heterocycles. The fourth-order valence-corrected chi connectivity index (χ4v) is 5.30. The maximum atomic E-state index is 13.2. The van der Waals surface area contributed by atoms with Gasteiger partial charge >= 0.3 is 0 Å². The molecule has 0 saturated carbocycles. The van der Waals surface area contributed by atoms with Gasteiger partial charge in [-0.05, 0) is 30.4 Å². The fourth-order valence-electron chi connectivity index (χ4n) is 4.70. The predicted molar refractivity (Wildman–Crippen MR) is 129 cm³/mol. The van der Waals surface area contributed by atoms with E-state index >= 15 is 0 Å². The number of likely N-dealkylation sites (tertiary alicyclic amines) is 1. The molecule has 4 heterocycles. The average Bonchev–Trinajstić information content (AvgIpc) is 3.58. The van der Waals surface area contributed by atoms with Crippen molar-refractivity contribution in [2.75, 3.05) is 19.4 Å². The smallest absolute Gasteiger partial charge is 0.254 e. The number of benzene rings is 2. The second kappa shape index (κ2) is 8.62. The minimum atomic E-state index is 0. The minimum Gasteiger partial charge on any atom is -0.412 e.